The molecule has 0 saturated heterocycles. The smallest absolute Gasteiger partial charge is 0.333 e. The fraction of sp³-hybridized carbons (Fsp3) is 0. The summed E-state index contributed by atoms with van der Waals surface area (Å²) in [5, 5.41) is 7.81. The summed E-state index contributed by atoms with van der Waals surface area (Å²) in [6.45, 7) is 0.0648. The van der Waals surface area contributed by atoms with Crippen LogP contribution in [0.1, 0.15) is 0 Å². The first kappa shape index (κ1) is 23.4. The molecule has 0 unspecified atom stereocenters. The van der Waals surface area contributed by atoms with E-state index >= 15 is 0 Å². The molecule has 0 aliphatic carbocycles. The number of para-hydroxylation sites is 5. The van der Waals surface area contributed by atoms with Gasteiger partial charge in [-0.25, -0.2) is 0 Å². The van der Waals surface area contributed by atoms with Crippen molar-refractivity contribution in [1.29, 1.82) is 0 Å². The van der Waals surface area contributed by atoms with Crippen LogP contribution in [-0.4, -0.2) is 20.5 Å². The highest BCUT2D eigenvalue weighted by atomic mass is 15.0. The maximum absolute atomic E-state index is 2.67. The molecule has 0 atom stereocenters. The van der Waals surface area contributed by atoms with Crippen molar-refractivity contribution in [2.24, 2.45) is 0 Å². The van der Waals surface area contributed by atoms with Gasteiger partial charge in [0.25, 0.3) is 0 Å². The number of rotatable bonds is 1. The van der Waals surface area contributed by atoms with Gasteiger partial charge < -0.3 is 13.6 Å². The third-order valence-electron chi connectivity index (χ3n) is 10.8. The number of benzene rings is 7. The second kappa shape index (κ2) is 7.98. The maximum Gasteiger partial charge on any atom is 0.333 e. The van der Waals surface area contributed by atoms with Crippen LogP contribution in [0.4, 0.5) is 0 Å². The largest absolute Gasteiger partial charge is 0.375 e. The van der Waals surface area contributed by atoms with E-state index in [1.807, 2.05) is 0 Å². The Bertz CT molecular complexity index is 2940. The third-order valence-corrected chi connectivity index (χ3v) is 10.8. The highest BCUT2D eigenvalue weighted by Crippen LogP contribution is 2.46. The van der Waals surface area contributed by atoms with Crippen LogP contribution in [0.2, 0.25) is 0 Å². The summed E-state index contributed by atoms with van der Waals surface area (Å²) in [6, 6.07) is 54.2. The Hall–Kier alpha value is -6.00. The summed E-state index contributed by atoms with van der Waals surface area (Å²) in [7, 11) is 0. The predicted octanol–water partition coefficient (Wildman–Crippen LogP) is 8.94. The van der Waals surface area contributed by atoms with Gasteiger partial charge in [-0.05, 0) is 52.9 Å². The first-order valence-electron chi connectivity index (χ1n) is 16.1. The van der Waals surface area contributed by atoms with Gasteiger partial charge in [-0.1, -0.05) is 109 Å². The zero-order valence-electron chi connectivity index (χ0n) is 24.8. The van der Waals surface area contributed by atoms with E-state index in [1.54, 1.807) is 0 Å². The lowest BCUT2D eigenvalue weighted by atomic mass is 9.45. The molecule has 0 spiro atoms. The first-order chi connectivity index (χ1) is 22.9. The summed E-state index contributed by atoms with van der Waals surface area (Å²) in [5.74, 6) is 0. The molecular formula is C42H24BN3. The van der Waals surface area contributed by atoms with Crippen molar-refractivity contribution in [2.75, 3.05) is 0 Å². The lowest BCUT2D eigenvalue weighted by Crippen LogP contribution is -2.55. The van der Waals surface area contributed by atoms with Gasteiger partial charge in [0.1, 0.15) is 0 Å². The van der Waals surface area contributed by atoms with Gasteiger partial charge in [-0.2, -0.15) is 0 Å². The number of fused-ring (bicyclic) bond motifs is 13. The monoisotopic (exact) mass is 581 g/mol. The van der Waals surface area contributed by atoms with E-state index in [1.165, 1.54) is 98.8 Å². The highest BCUT2D eigenvalue weighted by molar-refractivity contribution is 6.90. The number of aromatic nitrogens is 3. The quantitative estimate of drug-likeness (QED) is 0.172. The van der Waals surface area contributed by atoms with E-state index in [0.29, 0.717) is 0 Å². The molecule has 4 heteroatoms. The van der Waals surface area contributed by atoms with Gasteiger partial charge in [-0.3, -0.25) is 0 Å². The molecule has 2 aliphatic rings. The summed E-state index contributed by atoms with van der Waals surface area (Å²) in [6.07, 6.45) is 0. The molecule has 0 fully saturated rings. The van der Waals surface area contributed by atoms with Gasteiger partial charge in [-0.15, -0.1) is 0 Å². The Labute approximate surface area is 264 Å². The van der Waals surface area contributed by atoms with Crippen molar-refractivity contribution in [1.82, 2.24) is 13.6 Å². The predicted molar refractivity (Wildman–Crippen MR) is 194 cm³/mol. The molecule has 46 heavy (non-hydrogen) atoms. The highest BCUT2D eigenvalue weighted by Gasteiger charge is 2.41. The Balaban J connectivity index is 1.30. The third kappa shape index (κ3) is 2.54. The molecule has 10 aromatic rings. The van der Waals surface area contributed by atoms with Crippen LogP contribution in [-0.2, 0) is 0 Å². The van der Waals surface area contributed by atoms with Crippen molar-refractivity contribution < 1.29 is 0 Å². The van der Waals surface area contributed by atoms with Crippen LogP contribution in [0.25, 0.3) is 87.9 Å². The molecule has 5 heterocycles. The minimum Gasteiger partial charge on any atom is -0.375 e. The molecular weight excluding hydrogens is 557 g/mol. The summed E-state index contributed by atoms with van der Waals surface area (Å²) < 4.78 is 7.68. The average Bonchev–Trinajstić information content (AvgIpc) is 3.76. The van der Waals surface area contributed by atoms with Gasteiger partial charge >= 0.3 is 6.85 Å². The van der Waals surface area contributed by atoms with E-state index in [4.69, 9.17) is 0 Å². The van der Waals surface area contributed by atoms with E-state index in [0.717, 1.165) is 0 Å². The van der Waals surface area contributed by atoms with E-state index in [2.05, 4.69) is 159 Å². The van der Waals surface area contributed by atoms with Crippen LogP contribution >= 0.6 is 0 Å². The Morgan fingerprint density at radius 1 is 0.370 bits per heavy atom. The SMILES string of the molecule is c1cc2c3c(c1)-n1c4ccccc4c4cccc(c41)B3n1c3ccccc3c3c(-n4c5ccccc5c5ccccc54)ccc-2c31. The summed E-state index contributed by atoms with van der Waals surface area (Å²) >= 11 is 0. The molecule has 0 N–H and O–H groups in total. The molecule has 3 nitrogen and oxygen atoms in total. The zero-order valence-corrected chi connectivity index (χ0v) is 24.8. The van der Waals surface area contributed by atoms with Crippen molar-refractivity contribution in [3.05, 3.63) is 146 Å². The Morgan fingerprint density at radius 2 is 0.957 bits per heavy atom. The second-order valence-corrected chi connectivity index (χ2v) is 12.8. The Kier molecular flexibility index (Phi) is 4.06. The van der Waals surface area contributed by atoms with Gasteiger partial charge in [0.05, 0.1) is 27.8 Å². The minimum absolute atomic E-state index is 0.0648. The molecule has 0 bridgehead atoms. The number of hydrogen-bond donors (Lipinski definition) is 0. The normalized spacial score (nSPS) is 13.2. The van der Waals surface area contributed by atoms with Gasteiger partial charge in [0.15, 0.2) is 0 Å². The number of nitrogens with zero attached hydrogens (tertiary/aromatic N) is 3. The van der Waals surface area contributed by atoms with Gasteiger partial charge in [0, 0.05) is 54.6 Å². The van der Waals surface area contributed by atoms with Crippen LogP contribution in [0.15, 0.2) is 146 Å². The molecule has 0 radical (unpaired) electrons. The molecule has 7 aromatic carbocycles. The van der Waals surface area contributed by atoms with E-state index < -0.39 is 0 Å². The van der Waals surface area contributed by atoms with E-state index in [9.17, 15) is 0 Å². The van der Waals surface area contributed by atoms with Crippen molar-refractivity contribution in [3.63, 3.8) is 0 Å². The minimum atomic E-state index is 0.0648. The molecule has 12 rings (SSSR count). The fourth-order valence-corrected chi connectivity index (χ4v) is 9.18. The van der Waals surface area contributed by atoms with E-state index in [-0.39, 0.29) is 6.85 Å². The second-order valence-electron chi connectivity index (χ2n) is 12.8. The molecule has 2 aliphatic heterocycles. The summed E-state index contributed by atoms with van der Waals surface area (Å²) in [5.41, 5.74) is 15.6. The van der Waals surface area contributed by atoms with Gasteiger partial charge in [0.2, 0.25) is 0 Å². The average molecular weight is 581 g/mol. The molecule has 3 aromatic heterocycles. The van der Waals surface area contributed by atoms with Crippen molar-refractivity contribution in [2.45, 2.75) is 0 Å². The van der Waals surface area contributed by atoms with Crippen LogP contribution in [0.5, 0.6) is 0 Å². The molecule has 0 saturated carbocycles. The zero-order chi connectivity index (χ0) is 29.7. The van der Waals surface area contributed by atoms with Crippen LogP contribution in [0, 0.1) is 0 Å². The fourth-order valence-electron chi connectivity index (χ4n) is 9.18. The Morgan fingerprint density at radius 3 is 1.70 bits per heavy atom. The first-order valence-corrected chi connectivity index (χ1v) is 16.1. The van der Waals surface area contributed by atoms with Crippen LogP contribution in [0.3, 0.4) is 0 Å². The summed E-state index contributed by atoms with van der Waals surface area (Å²) in [4.78, 5) is 0. The van der Waals surface area contributed by atoms with Crippen molar-refractivity contribution >= 4 is 83.2 Å². The standard InChI is InChI=1S/C42H24BN3/c1-5-18-33-25(11-1)26-12-2-6-19-34(26)44(33)37-24-23-30-28-15-10-22-38-40(28)43(46-36-21-8-4-14-31(36)39(37)42(30)46)32-17-9-16-29-27-13-3-7-20-35(27)45(38)41(29)32/h1-24H. The maximum atomic E-state index is 2.67. The number of hydrogen-bond acceptors (Lipinski definition) is 0. The van der Waals surface area contributed by atoms with Crippen LogP contribution < -0.4 is 10.9 Å². The topological polar surface area (TPSA) is 14.8 Å². The lowest BCUT2D eigenvalue weighted by molar-refractivity contribution is 1.17. The van der Waals surface area contributed by atoms with Crippen molar-refractivity contribution in [3.8, 4) is 22.5 Å². The molecule has 210 valence electrons. The molecule has 0 amide bonds. The lowest BCUT2D eigenvalue weighted by Gasteiger charge is -2.34.